The lowest BCUT2D eigenvalue weighted by molar-refractivity contribution is 0.0769. The van der Waals surface area contributed by atoms with Crippen LogP contribution in [0.1, 0.15) is 22.3 Å². The Hall–Kier alpha value is -2.53. The first-order chi connectivity index (χ1) is 11.7. The van der Waals surface area contributed by atoms with Crippen LogP contribution in [-0.2, 0) is 5.41 Å². The van der Waals surface area contributed by atoms with E-state index in [4.69, 9.17) is 9.47 Å². The van der Waals surface area contributed by atoms with Gasteiger partial charge in [0.2, 0.25) is 6.79 Å². The van der Waals surface area contributed by atoms with Crippen LogP contribution in [0.2, 0.25) is 0 Å². The standard InChI is InChI=1S/C19H19NO4/c21-12-19(14-5-2-1-3-6-14)9-10-20(11-19)18(22)15-7-4-8-16-17(15)24-13-23-16/h1-8,21H,9-13H2. The van der Waals surface area contributed by atoms with Crippen molar-refractivity contribution in [3.8, 4) is 11.5 Å². The molecule has 2 aliphatic rings. The second kappa shape index (κ2) is 5.83. The van der Waals surface area contributed by atoms with Gasteiger partial charge in [0.05, 0.1) is 12.2 Å². The first kappa shape index (κ1) is 15.0. The summed E-state index contributed by atoms with van der Waals surface area (Å²) in [5, 5.41) is 10.0. The molecule has 0 radical (unpaired) electrons. The fourth-order valence-corrected chi connectivity index (χ4v) is 3.56. The van der Waals surface area contributed by atoms with Gasteiger partial charge in [0.1, 0.15) is 0 Å². The Morgan fingerprint density at radius 2 is 1.96 bits per heavy atom. The number of para-hydroxylation sites is 1. The average molecular weight is 325 g/mol. The van der Waals surface area contributed by atoms with Crippen LogP contribution in [0.3, 0.4) is 0 Å². The molecule has 1 atom stereocenters. The van der Waals surface area contributed by atoms with Crippen LogP contribution in [0.15, 0.2) is 48.5 Å². The molecule has 0 bridgehead atoms. The number of aliphatic hydroxyl groups is 1. The number of carbonyl (C=O) groups is 1. The van der Waals surface area contributed by atoms with Gasteiger partial charge in [-0.2, -0.15) is 0 Å². The van der Waals surface area contributed by atoms with E-state index >= 15 is 0 Å². The monoisotopic (exact) mass is 325 g/mol. The SMILES string of the molecule is O=C(c1cccc2c1OCO2)N1CCC(CO)(c2ccccc2)C1. The highest BCUT2D eigenvalue weighted by molar-refractivity contribution is 5.98. The number of nitrogens with zero attached hydrogens (tertiary/aromatic N) is 1. The van der Waals surface area contributed by atoms with Crippen molar-refractivity contribution >= 4 is 5.91 Å². The molecular weight excluding hydrogens is 306 g/mol. The quantitative estimate of drug-likeness (QED) is 0.940. The van der Waals surface area contributed by atoms with Gasteiger partial charge in [0.15, 0.2) is 11.5 Å². The number of rotatable bonds is 3. The topological polar surface area (TPSA) is 59.0 Å². The number of benzene rings is 2. The summed E-state index contributed by atoms with van der Waals surface area (Å²) in [6.45, 7) is 1.27. The number of hydrogen-bond acceptors (Lipinski definition) is 4. The smallest absolute Gasteiger partial charge is 0.257 e. The van der Waals surface area contributed by atoms with Gasteiger partial charge in [-0.25, -0.2) is 0 Å². The summed E-state index contributed by atoms with van der Waals surface area (Å²) in [5.74, 6) is 1.05. The molecule has 0 spiro atoms. The van der Waals surface area contributed by atoms with Gasteiger partial charge in [-0.3, -0.25) is 4.79 Å². The first-order valence-corrected chi connectivity index (χ1v) is 8.08. The van der Waals surface area contributed by atoms with Gasteiger partial charge >= 0.3 is 0 Å². The molecule has 124 valence electrons. The van der Waals surface area contributed by atoms with E-state index in [-0.39, 0.29) is 19.3 Å². The van der Waals surface area contributed by atoms with E-state index in [1.165, 1.54) is 0 Å². The maximum absolute atomic E-state index is 13.0. The number of likely N-dealkylation sites (tertiary alicyclic amines) is 1. The third kappa shape index (κ3) is 2.32. The van der Waals surface area contributed by atoms with Crippen molar-refractivity contribution in [2.45, 2.75) is 11.8 Å². The molecule has 0 saturated carbocycles. The van der Waals surface area contributed by atoms with E-state index in [0.29, 0.717) is 30.2 Å². The fraction of sp³-hybridized carbons (Fsp3) is 0.316. The van der Waals surface area contributed by atoms with Crippen LogP contribution < -0.4 is 9.47 Å². The van der Waals surface area contributed by atoms with Crippen LogP contribution in [0.5, 0.6) is 11.5 Å². The van der Waals surface area contributed by atoms with Crippen LogP contribution in [-0.4, -0.2) is 42.4 Å². The zero-order valence-corrected chi connectivity index (χ0v) is 13.3. The second-order valence-electron chi connectivity index (χ2n) is 6.32. The van der Waals surface area contributed by atoms with Gasteiger partial charge in [-0.15, -0.1) is 0 Å². The van der Waals surface area contributed by atoms with Gasteiger partial charge in [0.25, 0.3) is 5.91 Å². The normalized spacial score (nSPS) is 22.0. The van der Waals surface area contributed by atoms with Crippen molar-refractivity contribution in [2.24, 2.45) is 0 Å². The fourth-order valence-electron chi connectivity index (χ4n) is 3.56. The number of carbonyl (C=O) groups excluding carboxylic acids is 1. The molecule has 2 aromatic carbocycles. The zero-order valence-electron chi connectivity index (χ0n) is 13.3. The van der Waals surface area contributed by atoms with Gasteiger partial charge in [-0.05, 0) is 24.1 Å². The first-order valence-electron chi connectivity index (χ1n) is 8.08. The number of fused-ring (bicyclic) bond motifs is 1. The molecule has 5 nitrogen and oxygen atoms in total. The molecule has 24 heavy (non-hydrogen) atoms. The molecule has 2 aliphatic heterocycles. The Labute approximate surface area is 140 Å². The maximum atomic E-state index is 13.0. The minimum absolute atomic E-state index is 0.0211. The van der Waals surface area contributed by atoms with Crippen LogP contribution in [0, 0.1) is 0 Å². The lowest BCUT2D eigenvalue weighted by Gasteiger charge is -2.27. The van der Waals surface area contributed by atoms with Crippen LogP contribution in [0.4, 0.5) is 0 Å². The Morgan fingerprint density at radius 1 is 1.12 bits per heavy atom. The molecular formula is C19H19NO4. The number of ether oxygens (including phenoxy) is 2. The van der Waals surface area contributed by atoms with Crippen molar-refractivity contribution in [3.63, 3.8) is 0 Å². The largest absolute Gasteiger partial charge is 0.454 e. The van der Waals surface area contributed by atoms with Crippen molar-refractivity contribution in [1.82, 2.24) is 4.90 Å². The van der Waals surface area contributed by atoms with Crippen LogP contribution in [0.25, 0.3) is 0 Å². The molecule has 1 saturated heterocycles. The van der Waals surface area contributed by atoms with E-state index in [0.717, 1.165) is 12.0 Å². The Kier molecular flexibility index (Phi) is 3.65. The lowest BCUT2D eigenvalue weighted by Crippen LogP contribution is -2.37. The molecule has 0 aliphatic carbocycles. The van der Waals surface area contributed by atoms with Crippen molar-refractivity contribution in [1.29, 1.82) is 0 Å². The summed E-state index contributed by atoms with van der Waals surface area (Å²) in [4.78, 5) is 14.7. The van der Waals surface area contributed by atoms with E-state index in [9.17, 15) is 9.90 Å². The Balaban J connectivity index is 1.61. The predicted octanol–water partition coefficient (Wildman–Crippen LogP) is 2.19. The van der Waals surface area contributed by atoms with Gasteiger partial charge < -0.3 is 19.5 Å². The lowest BCUT2D eigenvalue weighted by atomic mass is 9.80. The molecule has 2 heterocycles. The molecule has 2 aromatic rings. The highest BCUT2D eigenvalue weighted by Gasteiger charge is 2.41. The number of aliphatic hydroxyl groups excluding tert-OH is 1. The predicted molar refractivity (Wildman–Crippen MR) is 88.3 cm³/mol. The van der Waals surface area contributed by atoms with E-state index < -0.39 is 5.41 Å². The van der Waals surface area contributed by atoms with E-state index in [2.05, 4.69) is 0 Å². The van der Waals surface area contributed by atoms with Gasteiger partial charge in [0, 0.05) is 18.5 Å². The molecule has 5 heteroatoms. The molecule has 0 aromatic heterocycles. The van der Waals surface area contributed by atoms with Gasteiger partial charge in [-0.1, -0.05) is 36.4 Å². The van der Waals surface area contributed by atoms with Crippen molar-refractivity contribution in [2.75, 3.05) is 26.5 Å². The molecule has 1 N–H and O–H groups in total. The molecule has 1 fully saturated rings. The van der Waals surface area contributed by atoms with Crippen LogP contribution >= 0.6 is 0 Å². The third-order valence-corrected chi connectivity index (χ3v) is 4.96. The second-order valence-corrected chi connectivity index (χ2v) is 6.32. The Bertz CT molecular complexity index is 761. The molecule has 1 unspecified atom stereocenters. The van der Waals surface area contributed by atoms with Crippen molar-refractivity contribution < 1.29 is 19.4 Å². The van der Waals surface area contributed by atoms with Crippen molar-refractivity contribution in [3.05, 3.63) is 59.7 Å². The highest BCUT2D eigenvalue weighted by atomic mass is 16.7. The Morgan fingerprint density at radius 3 is 2.75 bits per heavy atom. The average Bonchev–Trinajstić information content (AvgIpc) is 3.29. The summed E-state index contributed by atoms with van der Waals surface area (Å²) in [6, 6.07) is 15.3. The summed E-state index contributed by atoms with van der Waals surface area (Å²) in [6.07, 6.45) is 0.742. The number of amides is 1. The summed E-state index contributed by atoms with van der Waals surface area (Å²) < 4.78 is 10.8. The summed E-state index contributed by atoms with van der Waals surface area (Å²) >= 11 is 0. The maximum Gasteiger partial charge on any atom is 0.257 e. The number of hydrogen-bond donors (Lipinski definition) is 1. The van der Waals surface area contributed by atoms with E-state index in [1.807, 2.05) is 30.3 Å². The zero-order chi connectivity index (χ0) is 16.6. The third-order valence-electron chi connectivity index (χ3n) is 4.96. The minimum Gasteiger partial charge on any atom is -0.454 e. The molecule has 1 amide bonds. The van der Waals surface area contributed by atoms with E-state index in [1.54, 1.807) is 23.1 Å². The minimum atomic E-state index is -0.397. The highest BCUT2D eigenvalue weighted by Crippen LogP contribution is 2.39. The summed E-state index contributed by atoms with van der Waals surface area (Å²) in [5.41, 5.74) is 1.19. The summed E-state index contributed by atoms with van der Waals surface area (Å²) in [7, 11) is 0. The molecule has 4 rings (SSSR count).